The van der Waals surface area contributed by atoms with Crippen LogP contribution in [0.2, 0.25) is 0 Å². The van der Waals surface area contributed by atoms with Gasteiger partial charge in [0.15, 0.2) is 34.6 Å². The summed E-state index contributed by atoms with van der Waals surface area (Å²) in [4.78, 5) is 10.1. The highest BCUT2D eigenvalue weighted by Gasteiger charge is 2.22. The third kappa shape index (κ3) is 6.06. The van der Waals surface area contributed by atoms with Gasteiger partial charge in [-0.15, -0.1) is 20.4 Å². The monoisotopic (exact) mass is 660 g/mol. The van der Waals surface area contributed by atoms with Crippen molar-refractivity contribution in [2.45, 2.75) is 0 Å². The molecular weight excluding hydrogens is 628 g/mol. The van der Waals surface area contributed by atoms with Gasteiger partial charge in [0.25, 0.3) is 0 Å². The lowest BCUT2D eigenvalue weighted by molar-refractivity contribution is 0.356. The van der Waals surface area contributed by atoms with Crippen molar-refractivity contribution in [1.29, 1.82) is 0 Å². The number of rotatable bonds is 10. The molecule has 0 fully saturated rings. The summed E-state index contributed by atoms with van der Waals surface area (Å²) in [7, 11) is 6.43. The fourth-order valence-electron chi connectivity index (χ4n) is 5.77. The average Bonchev–Trinajstić information content (AvgIpc) is 3.20. The summed E-state index contributed by atoms with van der Waals surface area (Å²) in [6, 6.07) is 38.6. The van der Waals surface area contributed by atoms with Crippen LogP contribution < -0.4 is 18.9 Å². The number of aromatic nitrogens is 6. The predicted molar refractivity (Wildman–Crippen MR) is 192 cm³/mol. The highest BCUT2D eigenvalue weighted by molar-refractivity contribution is 5.85. The van der Waals surface area contributed by atoms with E-state index in [0.29, 0.717) is 57.4 Å². The quantitative estimate of drug-likeness (QED) is 0.143. The lowest BCUT2D eigenvalue weighted by atomic mass is 10.0. The largest absolute Gasteiger partial charge is 0.493 e. The molecule has 0 saturated heterocycles. The van der Waals surface area contributed by atoms with E-state index in [1.165, 1.54) is 0 Å². The van der Waals surface area contributed by atoms with Crippen molar-refractivity contribution in [2.75, 3.05) is 28.4 Å². The molecule has 10 nitrogen and oxygen atoms in total. The molecule has 5 aromatic carbocycles. The smallest absolute Gasteiger partial charge is 0.182 e. The van der Waals surface area contributed by atoms with Crippen LogP contribution in [-0.2, 0) is 0 Å². The van der Waals surface area contributed by atoms with E-state index in [4.69, 9.17) is 28.9 Å². The first-order valence-electron chi connectivity index (χ1n) is 15.8. The van der Waals surface area contributed by atoms with Crippen molar-refractivity contribution in [1.82, 2.24) is 30.4 Å². The molecule has 0 saturated carbocycles. The lowest BCUT2D eigenvalue weighted by Crippen LogP contribution is -2.03. The highest BCUT2D eigenvalue weighted by Crippen LogP contribution is 2.42. The maximum absolute atomic E-state index is 5.78. The van der Waals surface area contributed by atoms with Gasteiger partial charge in [0.1, 0.15) is 22.8 Å². The molecule has 10 heteroatoms. The Morgan fingerprint density at radius 3 is 1.10 bits per heavy atom. The Labute approximate surface area is 289 Å². The van der Waals surface area contributed by atoms with E-state index in [9.17, 15) is 0 Å². The summed E-state index contributed by atoms with van der Waals surface area (Å²) >= 11 is 0. The maximum atomic E-state index is 5.78. The van der Waals surface area contributed by atoms with E-state index in [0.717, 1.165) is 33.4 Å². The van der Waals surface area contributed by atoms with Crippen LogP contribution in [0, 0.1) is 0 Å². The fraction of sp³-hybridized carbons (Fsp3) is 0.100. The molecule has 0 spiro atoms. The van der Waals surface area contributed by atoms with E-state index in [1.54, 1.807) is 28.4 Å². The molecule has 2 heterocycles. The Morgan fingerprint density at radius 1 is 0.340 bits per heavy atom. The number of hydrogen-bond acceptors (Lipinski definition) is 10. The Hall–Kier alpha value is -6.68. The summed E-state index contributed by atoms with van der Waals surface area (Å²) in [6.07, 6.45) is 0. The van der Waals surface area contributed by atoms with Crippen LogP contribution in [0.25, 0.3) is 67.8 Å². The third-order valence-corrected chi connectivity index (χ3v) is 8.19. The first-order chi connectivity index (χ1) is 24.6. The molecule has 0 N–H and O–H groups in total. The molecule has 0 radical (unpaired) electrons. The highest BCUT2D eigenvalue weighted by atomic mass is 16.5. The SMILES string of the molecule is COc1cccc(-c2nc(-c3ccc(-c4nnc(-c5ccccc5)c(-c5cccc(OC)c5OC)n4)cc3)nnc2-c2ccccc2)c1OC. The van der Waals surface area contributed by atoms with Crippen molar-refractivity contribution in [3.8, 4) is 90.8 Å². The predicted octanol–water partition coefficient (Wildman–Crippen LogP) is 8.09. The standard InChI is InChI=1S/C40H32N6O4/c1-47-31-19-11-17-29(37(31)49-3)35-33(25-13-7-5-8-14-25)43-45-39(41-35)27-21-23-28(24-22-27)40-42-36(30-18-12-20-32(48-2)38(30)50-4)34(44-46-40)26-15-9-6-10-16-26/h5-24H,1-4H3. The number of benzene rings is 5. The van der Waals surface area contributed by atoms with Crippen LogP contribution in [0.15, 0.2) is 121 Å². The van der Waals surface area contributed by atoms with Gasteiger partial charge < -0.3 is 18.9 Å². The second-order valence-electron chi connectivity index (χ2n) is 11.1. The van der Waals surface area contributed by atoms with Crippen molar-refractivity contribution >= 4 is 0 Å². The molecule has 0 unspecified atom stereocenters. The van der Waals surface area contributed by atoms with Crippen LogP contribution in [0.5, 0.6) is 23.0 Å². The van der Waals surface area contributed by atoms with Crippen molar-refractivity contribution in [3.63, 3.8) is 0 Å². The number of hydrogen-bond donors (Lipinski definition) is 0. The Kier molecular flexibility index (Phi) is 9.06. The van der Waals surface area contributed by atoms with E-state index in [-0.39, 0.29) is 0 Å². The number of methoxy groups -OCH3 is 4. The van der Waals surface area contributed by atoms with Gasteiger partial charge >= 0.3 is 0 Å². The van der Waals surface area contributed by atoms with E-state index in [1.807, 2.05) is 121 Å². The molecule has 2 aromatic heterocycles. The Morgan fingerprint density at radius 2 is 0.740 bits per heavy atom. The molecule has 246 valence electrons. The second-order valence-corrected chi connectivity index (χ2v) is 11.1. The summed E-state index contributed by atoms with van der Waals surface area (Å²) < 4.78 is 22.7. The van der Waals surface area contributed by atoms with E-state index < -0.39 is 0 Å². The molecule has 50 heavy (non-hydrogen) atoms. The minimum atomic E-state index is 0.441. The first kappa shape index (κ1) is 31.9. The maximum Gasteiger partial charge on any atom is 0.182 e. The van der Waals surface area contributed by atoms with Gasteiger partial charge in [0.2, 0.25) is 0 Å². The summed E-state index contributed by atoms with van der Waals surface area (Å²) in [5.74, 6) is 3.17. The van der Waals surface area contributed by atoms with Crippen LogP contribution in [0.3, 0.4) is 0 Å². The van der Waals surface area contributed by atoms with Crippen molar-refractivity contribution in [2.24, 2.45) is 0 Å². The molecule has 0 amide bonds. The molecule has 0 aliphatic rings. The average molecular weight is 661 g/mol. The fourth-order valence-corrected chi connectivity index (χ4v) is 5.77. The first-order valence-corrected chi connectivity index (χ1v) is 15.8. The number of nitrogens with zero attached hydrogens (tertiary/aromatic N) is 6. The zero-order valence-electron chi connectivity index (χ0n) is 27.9. The van der Waals surface area contributed by atoms with Gasteiger partial charge in [-0.05, 0) is 24.3 Å². The zero-order valence-corrected chi connectivity index (χ0v) is 27.9. The van der Waals surface area contributed by atoms with Gasteiger partial charge in [0.05, 0.1) is 28.4 Å². The molecule has 7 aromatic rings. The Balaban J connectivity index is 1.32. The van der Waals surface area contributed by atoms with Gasteiger partial charge in [-0.2, -0.15) is 0 Å². The topological polar surface area (TPSA) is 114 Å². The molecule has 7 rings (SSSR count). The second kappa shape index (κ2) is 14.2. The summed E-state index contributed by atoms with van der Waals surface area (Å²) in [5, 5.41) is 18.4. The van der Waals surface area contributed by atoms with Crippen molar-refractivity contribution in [3.05, 3.63) is 121 Å². The van der Waals surface area contributed by atoms with Crippen molar-refractivity contribution < 1.29 is 18.9 Å². The van der Waals surface area contributed by atoms with E-state index in [2.05, 4.69) is 20.4 Å². The van der Waals surface area contributed by atoms with Crippen LogP contribution in [0.1, 0.15) is 0 Å². The molecule has 0 aliphatic heterocycles. The van der Waals surface area contributed by atoms with Gasteiger partial charge in [-0.3, -0.25) is 0 Å². The van der Waals surface area contributed by atoms with Crippen LogP contribution in [-0.4, -0.2) is 58.8 Å². The third-order valence-electron chi connectivity index (χ3n) is 8.19. The summed E-state index contributed by atoms with van der Waals surface area (Å²) in [6.45, 7) is 0. The van der Waals surface area contributed by atoms with Gasteiger partial charge in [-0.1, -0.05) is 97.1 Å². The number of ether oxygens (including phenoxy) is 4. The Bertz CT molecular complexity index is 2100. The molecule has 0 atom stereocenters. The van der Waals surface area contributed by atoms with E-state index >= 15 is 0 Å². The minimum absolute atomic E-state index is 0.441. The van der Waals surface area contributed by atoms with Crippen LogP contribution >= 0.6 is 0 Å². The van der Waals surface area contributed by atoms with Gasteiger partial charge in [-0.25, -0.2) is 9.97 Å². The number of para-hydroxylation sites is 2. The molecule has 0 aliphatic carbocycles. The normalized spacial score (nSPS) is 10.8. The summed E-state index contributed by atoms with van der Waals surface area (Å²) in [5.41, 5.74) is 7.20. The zero-order chi connectivity index (χ0) is 34.5. The lowest BCUT2D eigenvalue weighted by Gasteiger charge is -2.15. The van der Waals surface area contributed by atoms with Crippen LogP contribution in [0.4, 0.5) is 0 Å². The minimum Gasteiger partial charge on any atom is -0.493 e. The molecular formula is C40H32N6O4. The van der Waals surface area contributed by atoms with Gasteiger partial charge in [0, 0.05) is 33.4 Å². The molecule has 0 bridgehead atoms.